The van der Waals surface area contributed by atoms with Crippen LogP contribution >= 0.6 is 23.2 Å². The molecule has 388 valence electrons. The first-order valence-electron chi connectivity index (χ1n) is 23.6. The molecule has 0 atom stereocenters. The fraction of sp³-hybridized carbons (Fsp3) is 0.321. The van der Waals surface area contributed by atoms with Gasteiger partial charge in [0, 0.05) is 71.9 Å². The highest BCUT2D eigenvalue weighted by Crippen LogP contribution is 2.28. The lowest BCUT2D eigenvalue weighted by atomic mass is 9.92. The first kappa shape index (κ1) is 57.3. The van der Waals surface area contributed by atoms with Crippen molar-refractivity contribution in [3.8, 4) is 28.6 Å². The standard InChI is InChI=1S/C26H30ClFN2O3.C16H16FNO4.C14H18ClN3/c1-26(2,3)25-17-21(30(29-25)20-7-5-6-19(27)16-20)9-10-22(31)14-18-8-11-24(23(28)15-18)33-13-12-32-4;1-20-9-10-21-15-8-7-12(11-14(15)17)18-16(19)22-13-5-3-2-4-6-13;1-14(2,3)13-8-12(9-16)18(17-13)11-6-4-5-10(15)7-11/h5-8,11,15-17H,9-10,12-14H2,1-4H3;2-8,11H,9-10H2,1H3,(H,18,19);4-8H,9,16H2,1-3H3. The van der Waals surface area contributed by atoms with Crippen molar-refractivity contribution < 1.29 is 42.1 Å². The summed E-state index contributed by atoms with van der Waals surface area (Å²) in [5, 5.41) is 13.2. The number of para-hydroxylation sites is 1. The number of anilines is 1. The number of halogens is 4. The molecule has 0 unspecified atom stereocenters. The summed E-state index contributed by atoms with van der Waals surface area (Å²) in [7, 11) is 3.09. The van der Waals surface area contributed by atoms with Gasteiger partial charge in [0.2, 0.25) is 0 Å². The van der Waals surface area contributed by atoms with Crippen LogP contribution in [0.4, 0.5) is 19.3 Å². The lowest BCUT2D eigenvalue weighted by Crippen LogP contribution is -2.16. The zero-order chi connectivity index (χ0) is 53.1. The quantitative estimate of drug-likeness (QED) is 0.0794. The Bertz CT molecular complexity index is 2880. The number of aryl methyl sites for hydroxylation is 1. The van der Waals surface area contributed by atoms with Crippen LogP contribution in [0.3, 0.4) is 0 Å². The largest absolute Gasteiger partial charge is 0.488 e. The summed E-state index contributed by atoms with van der Waals surface area (Å²) in [6.07, 6.45) is 0.310. The van der Waals surface area contributed by atoms with Gasteiger partial charge in [-0.3, -0.25) is 10.1 Å². The van der Waals surface area contributed by atoms with Crippen LogP contribution in [0.5, 0.6) is 17.2 Å². The molecule has 2 heterocycles. The average Bonchev–Trinajstić information content (AvgIpc) is 4.00. The normalized spacial score (nSPS) is 11.2. The fourth-order valence-electron chi connectivity index (χ4n) is 6.82. The van der Waals surface area contributed by atoms with Crippen LogP contribution < -0.4 is 25.3 Å². The molecule has 7 aromatic rings. The van der Waals surface area contributed by atoms with Crippen LogP contribution in [0.25, 0.3) is 11.4 Å². The van der Waals surface area contributed by atoms with Crippen LogP contribution in [0, 0.1) is 11.6 Å². The Morgan fingerprint density at radius 3 is 1.64 bits per heavy atom. The molecule has 0 saturated heterocycles. The van der Waals surface area contributed by atoms with Crippen molar-refractivity contribution >= 4 is 40.8 Å². The van der Waals surface area contributed by atoms with Gasteiger partial charge < -0.3 is 29.4 Å². The number of rotatable bonds is 18. The van der Waals surface area contributed by atoms with Gasteiger partial charge in [-0.15, -0.1) is 0 Å². The predicted molar refractivity (Wildman–Crippen MR) is 283 cm³/mol. The minimum Gasteiger partial charge on any atom is -0.488 e. The van der Waals surface area contributed by atoms with Crippen molar-refractivity contribution in [1.29, 1.82) is 0 Å². The highest BCUT2D eigenvalue weighted by Gasteiger charge is 2.22. The van der Waals surface area contributed by atoms with E-state index in [1.165, 1.54) is 25.3 Å². The average molecular weight is 1040 g/mol. The van der Waals surface area contributed by atoms with Crippen molar-refractivity contribution in [2.45, 2.75) is 78.2 Å². The lowest BCUT2D eigenvalue weighted by molar-refractivity contribution is -0.118. The molecule has 2 aromatic heterocycles. The Kier molecular flexibility index (Phi) is 21.5. The molecule has 73 heavy (non-hydrogen) atoms. The number of methoxy groups -OCH3 is 2. The van der Waals surface area contributed by atoms with Gasteiger partial charge in [-0.1, -0.05) is 101 Å². The second kappa shape index (κ2) is 27.4. The molecule has 0 bridgehead atoms. The van der Waals surface area contributed by atoms with Gasteiger partial charge >= 0.3 is 6.09 Å². The SMILES string of the molecule is CC(C)(C)c1cc(CN)n(-c2cccc(Cl)c2)n1.COCCOc1ccc(CC(=O)CCc2cc(C(C)(C)C)nn2-c2cccc(Cl)c2)cc1F.COCCOc1ccc(NC(=O)Oc2ccccc2)cc1F. The van der Waals surface area contributed by atoms with Crippen molar-refractivity contribution in [3.05, 3.63) is 177 Å². The number of aromatic nitrogens is 4. The van der Waals surface area contributed by atoms with Gasteiger partial charge in [0.1, 0.15) is 24.7 Å². The van der Waals surface area contributed by atoms with Crippen LogP contribution in [0.15, 0.2) is 127 Å². The summed E-state index contributed by atoms with van der Waals surface area (Å²) >= 11 is 12.2. The number of carbonyl (C=O) groups is 2. The van der Waals surface area contributed by atoms with E-state index >= 15 is 0 Å². The first-order valence-corrected chi connectivity index (χ1v) is 24.3. The Morgan fingerprint density at radius 1 is 0.630 bits per heavy atom. The van der Waals surface area contributed by atoms with E-state index in [1.54, 1.807) is 43.5 Å². The van der Waals surface area contributed by atoms with Gasteiger partial charge in [-0.05, 0) is 96.9 Å². The number of Topliss-reactive ketones (excluding diaryl/α,β-unsaturated/α-hetero) is 1. The Hall–Kier alpha value is -6.62. The maximum atomic E-state index is 14.3. The molecular weight excluding hydrogens is 978 g/mol. The second-order valence-corrected chi connectivity index (χ2v) is 19.5. The minimum absolute atomic E-state index is 0.00768. The molecule has 7 rings (SSSR count). The number of nitrogens with zero attached hydrogens (tertiary/aromatic N) is 4. The van der Waals surface area contributed by atoms with E-state index in [-0.39, 0.29) is 53.4 Å². The third-order valence-corrected chi connectivity index (χ3v) is 11.2. The molecule has 1 amide bonds. The number of carbonyl (C=O) groups excluding carboxylic acids is 2. The van der Waals surface area contributed by atoms with Gasteiger partial charge in [-0.25, -0.2) is 22.9 Å². The highest BCUT2D eigenvalue weighted by atomic mass is 35.5. The maximum Gasteiger partial charge on any atom is 0.417 e. The van der Waals surface area contributed by atoms with E-state index in [2.05, 4.69) is 58.0 Å². The molecular formula is C56H64Cl2F2N6O7. The van der Waals surface area contributed by atoms with E-state index in [9.17, 15) is 18.4 Å². The van der Waals surface area contributed by atoms with Gasteiger partial charge in [-0.2, -0.15) is 10.2 Å². The fourth-order valence-corrected chi connectivity index (χ4v) is 7.19. The summed E-state index contributed by atoms with van der Waals surface area (Å²) < 4.78 is 57.1. The molecule has 0 aliphatic carbocycles. The number of benzene rings is 5. The van der Waals surface area contributed by atoms with Crippen molar-refractivity contribution in [3.63, 3.8) is 0 Å². The van der Waals surface area contributed by atoms with Gasteiger partial charge in [0.15, 0.2) is 23.1 Å². The number of nitrogens with one attached hydrogen (secondary N) is 1. The molecule has 17 heteroatoms. The number of amides is 1. The smallest absolute Gasteiger partial charge is 0.417 e. The topological polar surface area (TPSA) is 154 Å². The molecule has 0 aliphatic heterocycles. The van der Waals surface area contributed by atoms with Crippen molar-refractivity contribution in [1.82, 2.24) is 19.6 Å². The van der Waals surface area contributed by atoms with Gasteiger partial charge in [0.05, 0.1) is 41.7 Å². The molecule has 0 saturated carbocycles. The Labute approximate surface area is 436 Å². The Morgan fingerprint density at radius 2 is 1.15 bits per heavy atom. The minimum atomic E-state index is -0.696. The highest BCUT2D eigenvalue weighted by molar-refractivity contribution is 6.31. The monoisotopic (exact) mass is 1040 g/mol. The van der Waals surface area contributed by atoms with Crippen molar-refractivity contribution in [2.75, 3.05) is 46.0 Å². The molecule has 13 nitrogen and oxygen atoms in total. The van der Waals surface area contributed by atoms with Crippen molar-refractivity contribution in [2.24, 2.45) is 5.73 Å². The van der Waals surface area contributed by atoms with E-state index in [4.69, 9.17) is 57.7 Å². The Balaban J connectivity index is 0.000000215. The van der Waals surface area contributed by atoms with Crippen LogP contribution in [0.2, 0.25) is 10.0 Å². The lowest BCUT2D eigenvalue weighted by Gasteiger charge is -2.14. The number of ether oxygens (including phenoxy) is 5. The number of hydrogen-bond acceptors (Lipinski definition) is 10. The summed E-state index contributed by atoms with van der Waals surface area (Å²) in [4.78, 5) is 24.4. The molecule has 0 aliphatic rings. The third-order valence-electron chi connectivity index (χ3n) is 10.7. The van der Waals surface area contributed by atoms with E-state index in [0.29, 0.717) is 54.0 Å². The van der Waals surface area contributed by atoms with Crippen LogP contribution in [0.1, 0.15) is 76.3 Å². The maximum absolute atomic E-state index is 14.3. The summed E-state index contributed by atoms with van der Waals surface area (Å²) in [5.41, 5.74) is 12.3. The van der Waals surface area contributed by atoms with E-state index in [0.717, 1.165) is 40.2 Å². The van der Waals surface area contributed by atoms with Crippen LogP contribution in [-0.4, -0.2) is 72.1 Å². The first-order chi connectivity index (χ1) is 34.8. The summed E-state index contributed by atoms with van der Waals surface area (Å²) in [6.45, 7) is 14.4. The molecule has 0 fully saturated rings. The molecule has 0 spiro atoms. The molecule has 0 radical (unpaired) electrons. The zero-order valence-corrected chi connectivity index (χ0v) is 44.0. The number of hydrogen-bond donors (Lipinski definition) is 2. The zero-order valence-electron chi connectivity index (χ0n) is 42.5. The third kappa shape index (κ3) is 18.1. The summed E-state index contributed by atoms with van der Waals surface area (Å²) in [6, 6.07) is 36.5. The van der Waals surface area contributed by atoms with Crippen LogP contribution in [-0.2, 0) is 44.5 Å². The van der Waals surface area contributed by atoms with E-state index < -0.39 is 17.7 Å². The molecule has 5 aromatic carbocycles. The number of ketones is 1. The predicted octanol–water partition coefficient (Wildman–Crippen LogP) is 12.5. The summed E-state index contributed by atoms with van der Waals surface area (Å²) in [5.74, 6) is -0.375. The van der Waals surface area contributed by atoms with E-state index in [1.807, 2.05) is 70.0 Å². The van der Waals surface area contributed by atoms with Gasteiger partial charge in [0.25, 0.3) is 0 Å². The number of nitrogens with two attached hydrogens (primary N) is 1. The molecule has 3 N–H and O–H groups in total. The second-order valence-electron chi connectivity index (χ2n) is 18.7.